The highest BCUT2D eigenvalue weighted by molar-refractivity contribution is 5.95. The number of fused-ring (bicyclic) bond motifs is 1. The van der Waals surface area contributed by atoms with Crippen LogP contribution in [0.5, 0.6) is 5.75 Å². The Bertz CT molecular complexity index is 794. The van der Waals surface area contributed by atoms with E-state index < -0.39 is 23.3 Å². The first-order chi connectivity index (χ1) is 11.6. The molecule has 0 saturated carbocycles. The van der Waals surface area contributed by atoms with Gasteiger partial charge in [0.15, 0.2) is 12.4 Å². The topological polar surface area (TPSA) is 72.7 Å². The van der Waals surface area contributed by atoms with Crippen LogP contribution in [-0.4, -0.2) is 24.0 Å². The van der Waals surface area contributed by atoms with Gasteiger partial charge in [0.25, 0.3) is 5.91 Å². The summed E-state index contributed by atoms with van der Waals surface area (Å²) >= 11 is 0. The predicted molar refractivity (Wildman–Crippen MR) is 85.7 cm³/mol. The Morgan fingerprint density at radius 1 is 1.25 bits per heavy atom. The first-order valence-electron chi connectivity index (χ1n) is 7.52. The highest BCUT2D eigenvalue weighted by Crippen LogP contribution is 2.30. The summed E-state index contributed by atoms with van der Waals surface area (Å²) in [5.74, 6) is -0.868. The van der Waals surface area contributed by atoms with E-state index in [4.69, 9.17) is 4.74 Å². The minimum atomic E-state index is -0.574. The largest absolute Gasteiger partial charge is 0.477 e. The summed E-state index contributed by atoms with van der Waals surface area (Å²) in [4.78, 5) is 24.2. The third-order valence-corrected chi connectivity index (χ3v) is 3.88. The Kier molecular flexibility index (Phi) is 4.41. The Balaban J connectivity index is 1.77. The van der Waals surface area contributed by atoms with Gasteiger partial charge in [0.05, 0.1) is 10.6 Å². The summed E-state index contributed by atoms with van der Waals surface area (Å²) in [5, 5.41) is 11.0. The number of aryl methyl sites for hydroxylation is 1. The number of nitrogens with zero attached hydrogens (tertiary/aromatic N) is 2. The van der Waals surface area contributed by atoms with Crippen molar-refractivity contribution in [1.82, 2.24) is 0 Å². The van der Waals surface area contributed by atoms with E-state index in [1.165, 1.54) is 29.2 Å². The van der Waals surface area contributed by atoms with Gasteiger partial charge in [-0.05, 0) is 30.5 Å². The molecular formula is C17H15FN2O4. The number of carbonyl (C=O) groups is 1. The lowest BCUT2D eigenvalue weighted by molar-refractivity contribution is -0.385. The lowest BCUT2D eigenvalue weighted by Gasteiger charge is -2.29. The van der Waals surface area contributed by atoms with E-state index in [0.717, 1.165) is 12.0 Å². The van der Waals surface area contributed by atoms with E-state index in [-0.39, 0.29) is 17.1 Å². The monoisotopic (exact) mass is 330 g/mol. The van der Waals surface area contributed by atoms with E-state index in [9.17, 15) is 19.3 Å². The highest BCUT2D eigenvalue weighted by Gasteiger charge is 2.26. The van der Waals surface area contributed by atoms with E-state index in [2.05, 4.69) is 0 Å². The summed E-state index contributed by atoms with van der Waals surface area (Å²) < 4.78 is 19.4. The van der Waals surface area contributed by atoms with Crippen LogP contribution in [0, 0.1) is 15.9 Å². The molecule has 1 amide bonds. The molecule has 0 unspecified atom stereocenters. The molecule has 6 nitrogen and oxygen atoms in total. The number of anilines is 1. The zero-order valence-corrected chi connectivity index (χ0v) is 12.8. The van der Waals surface area contributed by atoms with Crippen molar-refractivity contribution in [2.75, 3.05) is 18.1 Å². The summed E-state index contributed by atoms with van der Waals surface area (Å²) in [6.07, 6.45) is 1.44. The van der Waals surface area contributed by atoms with Gasteiger partial charge in [0.2, 0.25) is 0 Å². The molecule has 24 heavy (non-hydrogen) atoms. The van der Waals surface area contributed by atoms with Gasteiger partial charge in [-0.1, -0.05) is 24.3 Å². The Hall–Kier alpha value is -2.96. The van der Waals surface area contributed by atoms with E-state index in [1.54, 1.807) is 18.2 Å². The second kappa shape index (κ2) is 6.66. The van der Waals surface area contributed by atoms with Crippen molar-refractivity contribution in [1.29, 1.82) is 0 Å². The fourth-order valence-electron chi connectivity index (χ4n) is 2.80. The zero-order chi connectivity index (χ0) is 17.1. The van der Waals surface area contributed by atoms with Crippen molar-refractivity contribution >= 4 is 17.3 Å². The number of halogens is 1. The van der Waals surface area contributed by atoms with Crippen LogP contribution in [0.2, 0.25) is 0 Å². The number of para-hydroxylation sites is 3. The molecule has 0 saturated heterocycles. The van der Waals surface area contributed by atoms with E-state index >= 15 is 0 Å². The van der Waals surface area contributed by atoms with Crippen LogP contribution in [0.25, 0.3) is 0 Å². The van der Waals surface area contributed by atoms with Gasteiger partial charge in [-0.2, -0.15) is 0 Å². The molecule has 0 bridgehead atoms. The molecule has 0 atom stereocenters. The van der Waals surface area contributed by atoms with Crippen molar-refractivity contribution < 1.29 is 18.8 Å². The average Bonchev–Trinajstić information content (AvgIpc) is 2.59. The SMILES string of the molecule is O=C(COc1ccccc1[N+](=O)[O-])N1CCCc2cccc(F)c21. The van der Waals surface area contributed by atoms with Crippen LogP contribution in [0.15, 0.2) is 42.5 Å². The minimum Gasteiger partial charge on any atom is -0.477 e. The number of ether oxygens (including phenoxy) is 1. The maximum Gasteiger partial charge on any atom is 0.310 e. The van der Waals surface area contributed by atoms with Gasteiger partial charge in [-0.3, -0.25) is 14.9 Å². The van der Waals surface area contributed by atoms with Gasteiger partial charge in [0.1, 0.15) is 5.82 Å². The van der Waals surface area contributed by atoms with Gasteiger partial charge < -0.3 is 9.64 Å². The number of hydrogen-bond acceptors (Lipinski definition) is 4. The van der Waals surface area contributed by atoms with Crippen LogP contribution in [0.4, 0.5) is 15.8 Å². The highest BCUT2D eigenvalue weighted by atomic mass is 19.1. The Morgan fingerprint density at radius 3 is 2.83 bits per heavy atom. The van der Waals surface area contributed by atoms with Crippen LogP contribution in [0.3, 0.4) is 0 Å². The van der Waals surface area contributed by atoms with Gasteiger partial charge in [-0.25, -0.2) is 4.39 Å². The molecular weight excluding hydrogens is 315 g/mol. The third kappa shape index (κ3) is 3.05. The minimum absolute atomic E-state index is 0.0154. The van der Waals surface area contributed by atoms with Crippen LogP contribution in [0.1, 0.15) is 12.0 Å². The molecule has 2 aromatic rings. The molecule has 3 rings (SSSR count). The maximum absolute atomic E-state index is 14.1. The molecule has 1 aliphatic heterocycles. The average molecular weight is 330 g/mol. The normalized spacial score (nSPS) is 13.3. The molecule has 0 spiro atoms. The predicted octanol–water partition coefficient (Wildman–Crippen LogP) is 3.09. The molecule has 0 N–H and O–H groups in total. The number of nitro benzene ring substituents is 1. The van der Waals surface area contributed by atoms with E-state index in [1.807, 2.05) is 0 Å². The molecule has 124 valence electrons. The van der Waals surface area contributed by atoms with Crippen molar-refractivity contribution in [2.24, 2.45) is 0 Å². The van der Waals surface area contributed by atoms with Gasteiger partial charge >= 0.3 is 5.69 Å². The molecule has 0 aliphatic carbocycles. The number of carbonyl (C=O) groups excluding carboxylic acids is 1. The molecule has 0 fully saturated rings. The van der Waals surface area contributed by atoms with Crippen molar-refractivity contribution in [3.05, 3.63) is 64.0 Å². The van der Waals surface area contributed by atoms with Crippen LogP contribution >= 0.6 is 0 Å². The standard InChI is InChI=1S/C17H15FN2O4/c18-13-7-3-5-12-6-4-10-19(17(12)13)16(21)11-24-15-9-2-1-8-14(15)20(22)23/h1-3,5,7-9H,4,6,10-11H2. The molecule has 1 aliphatic rings. The summed E-state index contributed by atoms with van der Waals surface area (Å²) in [5.41, 5.74) is 0.843. The molecule has 0 aromatic heterocycles. The molecule has 7 heteroatoms. The van der Waals surface area contributed by atoms with Crippen molar-refractivity contribution in [3.8, 4) is 5.75 Å². The quantitative estimate of drug-likeness (QED) is 0.638. The maximum atomic E-state index is 14.1. The smallest absolute Gasteiger partial charge is 0.310 e. The Labute approximate surface area is 137 Å². The lowest BCUT2D eigenvalue weighted by Crippen LogP contribution is -2.39. The summed E-state index contributed by atoms with van der Waals surface area (Å²) in [6, 6.07) is 10.6. The molecule has 2 aromatic carbocycles. The van der Waals surface area contributed by atoms with Crippen LogP contribution < -0.4 is 9.64 Å². The molecule has 0 radical (unpaired) electrons. The number of nitro groups is 1. The summed E-state index contributed by atoms with van der Waals surface area (Å²) in [7, 11) is 0. The van der Waals surface area contributed by atoms with Gasteiger partial charge in [-0.15, -0.1) is 0 Å². The Morgan fingerprint density at radius 2 is 2.04 bits per heavy atom. The van der Waals surface area contributed by atoms with Crippen molar-refractivity contribution in [3.63, 3.8) is 0 Å². The van der Waals surface area contributed by atoms with E-state index in [0.29, 0.717) is 13.0 Å². The number of amides is 1. The van der Waals surface area contributed by atoms with Crippen LogP contribution in [-0.2, 0) is 11.2 Å². The zero-order valence-electron chi connectivity index (χ0n) is 12.8. The number of rotatable bonds is 4. The number of hydrogen-bond donors (Lipinski definition) is 0. The third-order valence-electron chi connectivity index (χ3n) is 3.88. The lowest BCUT2D eigenvalue weighted by atomic mass is 10.0. The second-order valence-electron chi connectivity index (χ2n) is 5.41. The first kappa shape index (κ1) is 15.9. The first-order valence-corrected chi connectivity index (χ1v) is 7.52. The fraction of sp³-hybridized carbons (Fsp3) is 0.235. The summed E-state index contributed by atoms with van der Waals surface area (Å²) in [6.45, 7) is 0.00559. The second-order valence-corrected chi connectivity index (χ2v) is 5.41. The number of benzene rings is 2. The van der Waals surface area contributed by atoms with Gasteiger partial charge in [0, 0.05) is 12.6 Å². The molecule has 1 heterocycles. The van der Waals surface area contributed by atoms with Crippen molar-refractivity contribution in [2.45, 2.75) is 12.8 Å². The fourth-order valence-corrected chi connectivity index (χ4v) is 2.80.